The van der Waals surface area contributed by atoms with E-state index in [4.69, 9.17) is 9.47 Å². The first-order chi connectivity index (χ1) is 13.2. The highest BCUT2D eigenvalue weighted by atomic mass is 79.9. The molecular weight excluding hydrogens is 406 g/mol. The standard InChI is InChI=1S/C21H26BrN3O2/c1-3-26-19-13-15(12-16(22)21(19)27-4-2)14-23-11-7-10-20-24-17-8-5-6-9-18(17)25-20/h5-6,8-9,12-13,23H,3-4,7,10-11,14H2,1-2H3,(H,24,25). The molecular formula is C21H26BrN3O2. The largest absolute Gasteiger partial charge is 0.490 e. The fourth-order valence-electron chi connectivity index (χ4n) is 3.01. The van der Waals surface area contributed by atoms with Crippen LogP contribution in [0.1, 0.15) is 31.7 Å². The third-order valence-corrected chi connectivity index (χ3v) is 4.78. The van der Waals surface area contributed by atoms with Gasteiger partial charge in [0.25, 0.3) is 0 Å². The Kier molecular flexibility index (Phi) is 7.12. The van der Waals surface area contributed by atoms with Crippen LogP contribution in [-0.4, -0.2) is 29.7 Å². The first-order valence-electron chi connectivity index (χ1n) is 9.43. The summed E-state index contributed by atoms with van der Waals surface area (Å²) in [6.07, 6.45) is 1.95. The first-order valence-corrected chi connectivity index (χ1v) is 10.2. The number of H-pyrrole nitrogens is 1. The van der Waals surface area contributed by atoms with E-state index in [9.17, 15) is 0 Å². The number of imidazole rings is 1. The van der Waals surface area contributed by atoms with Crippen LogP contribution >= 0.6 is 15.9 Å². The summed E-state index contributed by atoms with van der Waals surface area (Å²) in [5, 5.41) is 3.49. The van der Waals surface area contributed by atoms with Crippen molar-refractivity contribution in [1.82, 2.24) is 15.3 Å². The number of nitrogens with one attached hydrogen (secondary N) is 2. The minimum absolute atomic E-state index is 0.609. The zero-order chi connectivity index (χ0) is 19.1. The Morgan fingerprint density at radius 1 is 1.11 bits per heavy atom. The lowest BCUT2D eigenvalue weighted by atomic mass is 10.2. The van der Waals surface area contributed by atoms with E-state index in [0.29, 0.717) is 13.2 Å². The number of para-hydroxylation sites is 2. The van der Waals surface area contributed by atoms with Crippen molar-refractivity contribution >= 4 is 27.0 Å². The van der Waals surface area contributed by atoms with E-state index in [1.807, 2.05) is 38.1 Å². The van der Waals surface area contributed by atoms with E-state index in [0.717, 1.165) is 64.3 Å². The second-order valence-electron chi connectivity index (χ2n) is 6.25. The lowest BCUT2D eigenvalue weighted by Crippen LogP contribution is -2.15. The number of aromatic amines is 1. The van der Waals surface area contributed by atoms with E-state index in [-0.39, 0.29) is 0 Å². The molecule has 144 valence electrons. The molecule has 0 aliphatic heterocycles. The molecule has 0 atom stereocenters. The molecule has 1 heterocycles. The maximum atomic E-state index is 5.73. The third kappa shape index (κ3) is 5.23. The molecule has 1 aromatic heterocycles. The third-order valence-electron chi connectivity index (χ3n) is 4.19. The number of aromatic nitrogens is 2. The minimum Gasteiger partial charge on any atom is -0.490 e. The smallest absolute Gasteiger partial charge is 0.175 e. The fourth-order valence-corrected chi connectivity index (χ4v) is 3.61. The van der Waals surface area contributed by atoms with Gasteiger partial charge in [0.15, 0.2) is 11.5 Å². The van der Waals surface area contributed by atoms with Gasteiger partial charge in [-0.25, -0.2) is 4.98 Å². The summed E-state index contributed by atoms with van der Waals surface area (Å²) in [6.45, 7) is 6.88. The highest BCUT2D eigenvalue weighted by molar-refractivity contribution is 9.10. The topological polar surface area (TPSA) is 59.2 Å². The van der Waals surface area contributed by atoms with Gasteiger partial charge in [-0.2, -0.15) is 0 Å². The molecule has 0 spiro atoms. The monoisotopic (exact) mass is 431 g/mol. The Hall–Kier alpha value is -2.05. The van der Waals surface area contributed by atoms with Gasteiger partial charge in [-0.15, -0.1) is 0 Å². The molecule has 0 bridgehead atoms. The van der Waals surface area contributed by atoms with Crippen LogP contribution in [0.5, 0.6) is 11.5 Å². The fraction of sp³-hybridized carbons (Fsp3) is 0.381. The Balaban J connectivity index is 1.50. The number of aryl methyl sites for hydroxylation is 1. The lowest BCUT2D eigenvalue weighted by Gasteiger charge is -2.15. The molecule has 0 saturated carbocycles. The zero-order valence-electron chi connectivity index (χ0n) is 15.8. The predicted molar refractivity (Wildman–Crippen MR) is 113 cm³/mol. The number of halogens is 1. The lowest BCUT2D eigenvalue weighted by molar-refractivity contribution is 0.286. The molecule has 0 unspecified atom stereocenters. The summed E-state index contributed by atoms with van der Waals surface area (Å²) < 4.78 is 12.3. The molecule has 0 saturated heterocycles. The number of hydrogen-bond donors (Lipinski definition) is 2. The summed E-state index contributed by atoms with van der Waals surface area (Å²) in [7, 11) is 0. The summed E-state index contributed by atoms with van der Waals surface area (Å²) in [4.78, 5) is 8.00. The van der Waals surface area contributed by atoms with Crippen molar-refractivity contribution in [3.05, 3.63) is 52.3 Å². The molecule has 6 heteroatoms. The van der Waals surface area contributed by atoms with Gasteiger partial charge in [0.2, 0.25) is 0 Å². The molecule has 0 aliphatic rings. The van der Waals surface area contributed by atoms with Gasteiger partial charge < -0.3 is 19.8 Å². The molecule has 3 aromatic rings. The van der Waals surface area contributed by atoms with Crippen LogP contribution in [0.2, 0.25) is 0 Å². The van der Waals surface area contributed by atoms with Gasteiger partial charge in [-0.05, 0) is 72.6 Å². The van der Waals surface area contributed by atoms with Crippen LogP contribution in [0.25, 0.3) is 11.0 Å². The second kappa shape index (κ2) is 9.76. The summed E-state index contributed by atoms with van der Waals surface area (Å²) >= 11 is 3.59. The molecule has 5 nitrogen and oxygen atoms in total. The van der Waals surface area contributed by atoms with Crippen molar-refractivity contribution in [3.63, 3.8) is 0 Å². The molecule has 0 radical (unpaired) electrons. The van der Waals surface area contributed by atoms with Crippen molar-refractivity contribution in [1.29, 1.82) is 0 Å². The van der Waals surface area contributed by atoms with E-state index in [1.54, 1.807) is 0 Å². The zero-order valence-corrected chi connectivity index (χ0v) is 17.4. The van der Waals surface area contributed by atoms with Gasteiger partial charge in [0.05, 0.1) is 28.7 Å². The van der Waals surface area contributed by atoms with Gasteiger partial charge in [0, 0.05) is 13.0 Å². The average molecular weight is 432 g/mol. The van der Waals surface area contributed by atoms with E-state index >= 15 is 0 Å². The molecule has 0 aliphatic carbocycles. The van der Waals surface area contributed by atoms with Crippen molar-refractivity contribution < 1.29 is 9.47 Å². The van der Waals surface area contributed by atoms with Crippen LogP contribution in [0.15, 0.2) is 40.9 Å². The Bertz CT molecular complexity index is 846. The van der Waals surface area contributed by atoms with Crippen LogP contribution in [-0.2, 0) is 13.0 Å². The highest BCUT2D eigenvalue weighted by Crippen LogP contribution is 2.36. The molecule has 2 aromatic carbocycles. The van der Waals surface area contributed by atoms with Crippen molar-refractivity contribution in [3.8, 4) is 11.5 Å². The molecule has 0 amide bonds. The minimum atomic E-state index is 0.609. The van der Waals surface area contributed by atoms with Crippen molar-refractivity contribution in [2.75, 3.05) is 19.8 Å². The number of nitrogens with zero attached hydrogens (tertiary/aromatic N) is 1. The Morgan fingerprint density at radius 2 is 1.93 bits per heavy atom. The number of rotatable bonds is 10. The van der Waals surface area contributed by atoms with Gasteiger partial charge in [0.1, 0.15) is 5.82 Å². The van der Waals surface area contributed by atoms with Crippen LogP contribution in [0.4, 0.5) is 0 Å². The second-order valence-corrected chi connectivity index (χ2v) is 7.11. The van der Waals surface area contributed by atoms with Crippen LogP contribution in [0, 0.1) is 0 Å². The van der Waals surface area contributed by atoms with Crippen LogP contribution < -0.4 is 14.8 Å². The number of ether oxygens (including phenoxy) is 2. The van der Waals surface area contributed by atoms with Gasteiger partial charge in [-0.3, -0.25) is 0 Å². The number of benzene rings is 2. The first kappa shape index (κ1) is 19.7. The van der Waals surface area contributed by atoms with E-state index < -0.39 is 0 Å². The molecule has 2 N–H and O–H groups in total. The highest BCUT2D eigenvalue weighted by Gasteiger charge is 2.11. The van der Waals surface area contributed by atoms with Crippen molar-refractivity contribution in [2.45, 2.75) is 33.2 Å². The maximum Gasteiger partial charge on any atom is 0.175 e. The maximum absolute atomic E-state index is 5.73. The number of fused-ring (bicyclic) bond motifs is 1. The SMILES string of the molecule is CCOc1cc(CNCCCc2nc3ccccc3[nH]2)cc(Br)c1OCC. The summed E-state index contributed by atoms with van der Waals surface area (Å²) in [6, 6.07) is 12.3. The van der Waals surface area contributed by atoms with Gasteiger partial charge >= 0.3 is 0 Å². The van der Waals surface area contributed by atoms with Crippen molar-refractivity contribution in [2.24, 2.45) is 0 Å². The molecule has 0 fully saturated rings. The Labute approximate surface area is 168 Å². The quantitative estimate of drug-likeness (QED) is 0.450. The predicted octanol–water partition coefficient (Wildman–Crippen LogP) is 4.85. The number of hydrogen-bond acceptors (Lipinski definition) is 4. The molecule has 27 heavy (non-hydrogen) atoms. The van der Waals surface area contributed by atoms with E-state index in [2.05, 4.69) is 43.3 Å². The van der Waals surface area contributed by atoms with Gasteiger partial charge in [-0.1, -0.05) is 12.1 Å². The van der Waals surface area contributed by atoms with E-state index in [1.165, 1.54) is 0 Å². The molecule has 3 rings (SSSR count). The normalized spacial score (nSPS) is 11.1. The Morgan fingerprint density at radius 3 is 2.70 bits per heavy atom. The average Bonchev–Trinajstić information content (AvgIpc) is 3.07. The van der Waals surface area contributed by atoms with Crippen LogP contribution in [0.3, 0.4) is 0 Å². The summed E-state index contributed by atoms with van der Waals surface area (Å²) in [5.41, 5.74) is 3.30. The summed E-state index contributed by atoms with van der Waals surface area (Å²) in [5.74, 6) is 2.60.